The van der Waals surface area contributed by atoms with Crippen LogP contribution < -0.4 is 0 Å². The van der Waals surface area contributed by atoms with Gasteiger partial charge in [0.25, 0.3) is 0 Å². The van der Waals surface area contributed by atoms with Crippen LogP contribution in [-0.4, -0.2) is 62.3 Å². The molecule has 0 aromatic rings. The zero-order chi connectivity index (χ0) is 12.9. The van der Waals surface area contributed by atoms with Crippen molar-refractivity contribution in [3.8, 4) is 0 Å². The van der Waals surface area contributed by atoms with Crippen molar-refractivity contribution in [1.29, 1.82) is 0 Å². The lowest BCUT2D eigenvalue weighted by Gasteiger charge is -2.37. The Labute approximate surface area is 117 Å². The van der Waals surface area contributed by atoms with E-state index in [1.54, 1.807) is 0 Å². The largest absolute Gasteiger partial charge is 0.381 e. The molecule has 0 amide bonds. The Bertz CT molecular complexity index is 291. The number of hydrogen-bond donors (Lipinski definition) is 0. The maximum atomic E-state index is 5.48. The molecule has 19 heavy (non-hydrogen) atoms. The zero-order valence-corrected chi connectivity index (χ0v) is 12.1. The molecule has 0 saturated carbocycles. The molecule has 2 atom stereocenters. The van der Waals surface area contributed by atoms with Gasteiger partial charge in [0.2, 0.25) is 0 Å². The van der Waals surface area contributed by atoms with Crippen LogP contribution in [0.1, 0.15) is 25.7 Å². The Balaban J connectivity index is 1.35. The van der Waals surface area contributed by atoms with Gasteiger partial charge in [0, 0.05) is 45.9 Å². The summed E-state index contributed by atoms with van der Waals surface area (Å²) < 4.78 is 5.48. The molecular weight excluding hydrogens is 236 g/mol. The fraction of sp³-hybridized carbons (Fsp3) is 0.875. The van der Waals surface area contributed by atoms with E-state index in [-0.39, 0.29) is 0 Å². The summed E-state index contributed by atoms with van der Waals surface area (Å²) in [6, 6.07) is 0. The molecule has 0 bridgehead atoms. The number of piperazine rings is 1. The Morgan fingerprint density at radius 3 is 2.21 bits per heavy atom. The summed E-state index contributed by atoms with van der Waals surface area (Å²) in [6.45, 7) is 9.64. The lowest BCUT2D eigenvalue weighted by molar-refractivity contribution is 0.0988. The van der Waals surface area contributed by atoms with Crippen molar-refractivity contribution in [1.82, 2.24) is 9.80 Å². The molecule has 2 saturated heterocycles. The highest BCUT2D eigenvalue weighted by molar-refractivity contribution is 4.91. The molecular formula is C16H28N2O. The molecule has 2 fully saturated rings. The molecule has 108 valence electrons. The second-order valence-corrected chi connectivity index (χ2v) is 6.48. The Hall–Kier alpha value is -0.380. The van der Waals surface area contributed by atoms with E-state index in [0.717, 1.165) is 25.0 Å². The van der Waals surface area contributed by atoms with E-state index in [9.17, 15) is 0 Å². The predicted molar refractivity (Wildman–Crippen MR) is 78.3 cm³/mol. The molecule has 0 aromatic carbocycles. The minimum atomic E-state index is 0.801. The first-order valence-corrected chi connectivity index (χ1v) is 8.07. The molecule has 2 aliphatic heterocycles. The van der Waals surface area contributed by atoms with E-state index < -0.39 is 0 Å². The second kappa shape index (κ2) is 6.87. The van der Waals surface area contributed by atoms with Crippen LogP contribution in [0.4, 0.5) is 0 Å². The molecule has 2 heterocycles. The van der Waals surface area contributed by atoms with E-state index >= 15 is 0 Å². The van der Waals surface area contributed by atoms with Gasteiger partial charge >= 0.3 is 0 Å². The van der Waals surface area contributed by atoms with Gasteiger partial charge in [-0.25, -0.2) is 0 Å². The Morgan fingerprint density at radius 2 is 1.63 bits per heavy atom. The summed E-state index contributed by atoms with van der Waals surface area (Å²) in [5, 5.41) is 0. The van der Waals surface area contributed by atoms with Gasteiger partial charge in [-0.3, -0.25) is 0 Å². The number of hydrogen-bond acceptors (Lipinski definition) is 3. The lowest BCUT2D eigenvalue weighted by atomic mass is 9.94. The molecule has 1 aliphatic carbocycles. The smallest absolute Gasteiger partial charge is 0.0507 e. The summed E-state index contributed by atoms with van der Waals surface area (Å²) in [6.07, 6.45) is 10.00. The van der Waals surface area contributed by atoms with E-state index in [0.29, 0.717) is 0 Å². The predicted octanol–water partition coefficient (Wildman–Crippen LogP) is 2.00. The number of ether oxygens (including phenoxy) is 1. The minimum Gasteiger partial charge on any atom is -0.381 e. The zero-order valence-electron chi connectivity index (χ0n) is 12.1. The van der Waals surface area contributed by atoms with E-state index in [2.05, 4.69) is 22.0 Å². The van der Waals surface area contributed by atoms with Gasteiger partial charge in [0.1, 0.15) is 0 Å². The van der Waals surface area contributed by atoms with Crippen molar-refractivity contribution < 1.29 is 4.74 Å². The lowest BCUT2D eigenvalue weighted by Crippen LogP contribution is -2.49. The summed E-state index contributed by atoms with van der Waals surface area (Å²) in [5.74, 6) is 1.72. The van der Waals surface area contributed by atoms with Crippen LogP contribution in [0.25, 0.3) is 0 Å². The summed E-state index contributed by atoms with van der Waals surface area (Å²) in [7, 11) is 0. The maximum Gasteiger partial charge on any atom is 0.0507 e. The summed E-state index contributed by atoms with van der Waals surface area (Å²) >= 11 is 0. The quantitative estimate of drug-likeness (QED) is 0.722. The SMILES string of the molecule is C1=CC[C@@H](CN2CCN(C[C@H]3CCOC3)CC2)CC1. The van der Waals surface area contributed by atoms with Crippen LogP contribution in [0.2, 0.25) is 0 Å². The van der Waals surface area contributed by atoms with E-state index in [4.69, 9.17) is 4.74 Å². The van der Waals surface area contributed by atoms with Gasteiger partial charge in [-0.15, -0.1) is 0 Å². The van der Waals surface area contributed by atoms with Crippen LogP contribution >= 0.6 is 0 Å². The van der Waals surface area contributed by atoms with Gasteiger partial charge < -0.3 is 14.5 Å². The van der Waals surface area contributed by atoms with Gasteiger partial charge in [-0.2, -0.15) is 0 Å². The van der Waals surface area contributed by atoms with Crippen molar-refractivity contribution in [2.45, 2.75) is 25.7 Å². The maximum absolute atomic E-state index is 5.48. The van der Waals surface area contributed by atoms with Crippen molar-refractivity contribution >= 4 is 0 Å². The molecule has 0 unspecified atom stereocenters. The number of allylic oxidation sites excluding steroid dienone is 2. The fourth-order valence-corrected chi connectivity index (χ4v) is 3.63. The van der Waals surface area contributed by atoms with Gasteiger partial charge in [-0.05, 0) is 37.5 Å². The van der Waals surface area contributed by atoms with Gasteiger partial charge in [0.15, 0.2) is 0 Å². The molecule has 0 spiro atoms. The molecule has 0 N–H and O–H groups in total. The van der Waals surface area contributed by atoms with Crippen molar-refractivity contribution in [3.05, 3.63) is 12.2 Å². The first-order chi connectivity index (χ1) is 9.40. The minimum absolute atomic E-state index is 0.801. The third kappa shape index (κ3) is 4.04. The van der Waals surface area contributed by atoms with Crippen LogP contribution in [0, 0.1) is 11.8 Å². The van der Waals surface area contributed by atoms with E-state index in [1.165, 1.54) is 65.0 Å². The van der Waals surface area contributed by atoms with Gasteiger partial charge in [0.05, 0.1) is 6.61 Å². The fourth-order valence-electron chi connectivity index (χ4n) is 3.63. The third-order valence-corrected chi connectivity index (χ3v) is 4.90. The monoisotopic (exact) mass is 264 g/mol. The molecule has 3 nitrogen and oxygen atoms in total. The van der Waals surface area contributed by atoms with Crippen LogP contribution in [0.5, 0.6) is 0 Å². The van der Waals surface area contributed by atoms with Crippen molar-refractivity contribution in [2.24, 2.45) is 11.8 Å². The number of rotatable bonds is 4. The topological polar surface area (TPSA) is 15.7 Å². The molecule has 3 heteroatoms. The number of nitrogens with zero attached hydrogens (tertiary/aromatic N) is 2. The highest BCUT2D eigenvalue weighted by atomic mass is 16.5. The molecule has 0 radical (unpaired) electrons. The molecule has 0 aromatic heterocycles. The van der Waals surface area contributed by atoms with Gasteiger partial charge in [-0.1, -0.05) is 12.2 Å². The first-order valence-electron chi connectivity index (χ1n) is 8.07. The Morgan fingerprint density at radius 1 is 0.895 bits per heavy atom. The highest BCUT2D eigenvalue weighted by Gasteiger charge is 2.23. The first kappa shape index (κ1) is 13.6. The van der Waals surface area contributed by atoms with Crippen molar-refractivity contribution in [2.75, 3.05) is 52.5 Å². The average Bonchev–Trinajstić information content (AvgIpc) is 2.95. The summed E-state index contributed by atoms with van der Waals surface area (Å²) in [4.78, 5) is 5.34. The molecule has 3 aliphatic rings. The van der Waals surface area contributed by atoms with Crippen LogP contribution in [0.3, 0.4) is 0 Å². The van der Waals surface area contributed by atoms with Crippen molar-refractivity contribution in [3.63, 3.8) is 0 Å². The highest BCUT2D eigenvalue weighted by Crippen LogP contribution is 2.20. The van der Waals surface area contributed by atoms with Crippen LogP contribution in [-0.2, 0) is 4.74 Å². The molecule has 3 rings (SSSR count). The Kier molecular flexibility index (Phi) is 4.91. The summed E-state index contributed by atoms with van der Waals surface area (Å²) in [5.41, 5.74) is 0. The third-order valence-electron chi connectivity index (χ3n) is 4.90. The van der Waals surface area contributed by atoms with Crippen LogP contribution in [0.15, 0.2) is 12.2 Å². The standard InChI is InChI=1S/C16H28N2O/c1-2-4-15(5-3-1)12-17-7-9-18(10-8-17)13-16-6-11-19-14-16/h1-2,15-16H,3-14H2/t15-,16-/m1/s1. The van der Waals surface area contributed by atoms with E-state index in [1.807, 2.05) is 0 Å². The second-order valence-electron chi connectivity index (χ2n) is 6.48. The average molecular weight is 264 g/mol. The normalized spacial score (nSPS) is 33.9.